The molecule has 86 valence electrons. The third-order valence-electron chi connectivity index (χ3n) is 3.04. The van der Waals surface area contributed by atoms with E-state index in [1.165, 1.54) is 0 Å². The van der Waals surface area contributed by atoms with Crippen molar-refractivity contribution < 1.29 is 9.47 Å². The minimum absolute atomic E-state index is 0.408. The fourth-order valence-electron chi connectivity index (χ4n) is 2.23. The van der Waals surface area contributed by atoms with Gasteiger partial charge in [-0.2, -0.15) is 5.26 Å². The maximum absolute atomic E-state index is 8.84. The molecular weight excluding hydrogens is 216 g/mol. The maximum Gasteiger partial charge on any atom is 0.163 e. The first-order chi connectivity index (χ1) is 8.29. The Bertz CT molecular complexity index is 622. The molecule has 2 heterocycles. The van der Waals surface area contributed by atoms with Gasteiger partial charge in [-0.15, -0.1) is 0 Å². The average molecular weight is 228 g/mol. The molecule has 0 saturated carbocycles. The lowest BCUT2D eigenvalue weighted by Crippen LogP contribution is -2.15. The van der Waals surface area contributed by atoms with E-state index in [0.29, 0.717) is 19.6 Å². The van der Waals surface area contributed by atoms with Gasteiger partial charge in [0.1, 0.15) is 13.2 Å². The lowest BCUT2D eigenvalue weighted by molar-refractivity contribution is 0.172. The number of aromatic amines is 1. The first kappa shape index (κ1) is 10.0. The SMILES string of the molecule is Cc1[nH]c2cc3c(cc2c1CC#N)OCCO3. The zero-order chi connectivity index (χ0) is 11.8. The van der Waals surface area contributed by atoms with Crippen LogP contribution in [0, 0.1) is 18.3 Å². The smallest absolute Gasteiger partial charge is 0.163 e. The van der Waals surface area contributed by atoms with E-state index in [0.717, 1.165) is 33.7 Å². The van der Waals surface area contributed by atoms with Crippen LogP contribution >= 0.6 is 0 Å². The molecule has 0 atom stereocenters. The van der Waals surface area contributed by atoms with Gasteiger partial charge in [0.2, 0.25) is 0 Å². The van der Waals surface area contributed by atoms with Gasteiger partial charge < -0.3 is 14.5 Å². The number of aromatic nitrogens is 1. The van der Waals surface area contributed by atoms with Crippen molar-refractivity contribution in [1.29, 1.82) is 5.26 Å². The highest BCUT2D eigenvalue weighted by Crippen LogP contribution is 2.36. The van der Waals surface area contributed by atoms with E-state index in [4.69, 9.17) is 14.7 Å². The number of hydrogen-bond acceptors (Lipinski definition) is 3. The number of rotatable bonds is 1. The first-order valence-corrected chi connectivity index (χ1v) is 5.57. The summed E-state index contributed by atoms with van der Waals surface area (Å²) in [6, 6.07) is 6.09. The molecule has 0 unspecified atom stereocenters. The highest BCUT2D eigenvalue weighted by atomic mass is 16.6. The molecule has 0 radical (unpaired) electrons. The number of aryl methyl sites for hydroxylation is 1. The molecule has 1 aliphatic heterocycles. The van der Waals surface area contributed by atoms with Crippen LogP contribution in [0.3, 0.4) is 0 Å². The second-order valence-electron chi connectivity index (χ2n) is 4.10. The third kappa shape index (κ3) is 1.51. The quantitative estimate of drug-likeness (QED) is 0.814. The Morgan fingerprint density at radius 1 is 1.29 bits per heavy atom. The Balaban J connectivity index is 2.24. The van der Waals surface area contributed by atoms with Crippen LogP contribution < -0.4 is 9.47 Å². The highest BCUT2D eigenvalue weighted by molar-refractivity contribution is 5.88. The van der Waals surface area contributed by atoms with E-state index >= 15 is 0 Å². The summed E-state index contributed by atoms with van der Waals surface area (Å²) in [5.74, 6) is 1.54. The summed E-state index contributed by atoms with van der Waals surface area (Å²) in [5.41, 5.74) is 3.07. The van der Waals surface area contributed by atoms with Crippen molar-refractivity contribution in [3.8, 4) is 17.6 Å². The molecule has 0 amide bonds. The third-order valence-corrected chi connectivity index (χ3v) is 3.04. The molecule has 2 aromatic rings. The number of fused-ring (bicyclic) bond motifs is 2. The second kappa shape index (κ2) is 3.70. The summed E-state index contributed by atoms with van der Waals surface area (Å²) in [5, 5.41) is 9.89. The van der Waals surface area contributed by atoms with E-state index < -0.39 is 0 Å². The minimum atomic E-state index is 0.408. The van der Waals surface area contributed by atoms with Crippen LogP contribution in [0.1, 0.15) is 11.3 Å². The number of hydrogen-bond donors (Lipinski definition) is 1. The molecule has 0 bridgehead atoms. The molecule has 17 heavy (non-hydrogen) atoms. The van der Waals surface area contributed by atoms with E-state index in [1.54, 1.807) is 0 Å². The molecular formula is C13H12N2O2. The lowest BCUT2D eigenvalue weighted by Gasteiger charge is -2.18. The molecule has 0 aliphatic carbocycles. The van der Waals surface area contributed by atoms with Gasteiger partial charge in [0.15, 0.2) is 11.5 Å². The molecule has 1 aromatic carbocycles. The van der Waals surface area contributed by atoms with Crippen molar-refractivity contribution in [2.24, 2.45) is 0 Å². The van der Waals surface area contributed by atoms with Gasteiger partial charge >= 0.3 is 0 Å². The summed E-state index contributed by atoms with van der Waals surface area (Å²) >= 11 is 0. The number of nitrogens with zero attached hydrogens (tertiary/aromatic N) is 1. The van der Waals surface area contributed by atoms with E-state index in [2.05, 4.69) is 11.1 Å². The standard InChI is InChI=1S/C13H12N2O2/c1-8-9(2-3-14)10-6-12-13(7-11(10)15-8)17-5-4-16-12/h6-7,15H,2,4-5H2,1H3. The first-order valence-electron chi connectivity index (χ1n) is 5.57. The molecule has 0 saturated heterocycles. The van der Waals surface area contributed by atoms with Crippen LogP contribution in [0.25, 0.3) is 10.9 Å². The van der Waals surface area contributed by atoms with Crippen molar-refractivity contribution in [2.45, 2.75) is 13.3 Å². The van der Waals surface area contributed by atoms with E-state index in [9.17, 15) is 0 Å². The van der Waals surface area contributed by atoms with Gasteiger partial charge in [-0.25, -0.2) is 0 Å². The van der Waals surface area contributed by atoms with Crippen LogP contribution in [0.15, 0.2) is 12.1 Å². The zero-order valence-corrected chi connectivity index (χ0v) is 9.54. The van der Waals surface area contributed by atoms with Crippen LogP contribution in [0.4, 0.5) is 0 Å². The molecule has 4 heteroatoms. The fraction of sp³-hybridized carbons (Fsp3) is 0.308. The van der Waals surface area contributed by atoms with Gasteiger partial charge in [-0.05, 0) is 18.6 Å². The molecule has 4 nitrogen and oxygen atoms in total. The molecule has 1 N–H and O–H groups in total. The van der Waals surface area contributed by atoms with Crippen LogP contribution in [0.5, 0.6) is 11.5 Å². The van der Waals surface area contributed by atoms with Gasteiger partial charge in [0.25, 0.3) is 0 Å². The second-order valence-corrected chi connectivity index (χ2v) is 4.10. The maximum atomic E-state index is 8.84. The summed E-state index contributed by atoms with van der Waals surface area (Å²) in [7, 11) is 0. The Kier molecular flexibility index (Phi) is 2.19. The normalized spacial score (nSPS) is 13.6. The van der Waals surface area contributed by atoms with Crippen LogP contribution in [-0.2, 0) is 6.42 Å². The topological polar surface area (TPSA) is 58.0 Å². The monoisotopic (exact) mass is 228 g/mol. The zero-order valence-electron chi connectivity index (χ0n) is 9.54. The molecule has 3 rings (SSSR count). The van der Waals surface area contributed by atoms with Crippen molar-refractivity contribution in [3.05, 3.63) is 23.4 Å². The van der Waals surface area contributed by atoms with Gasteiger partial charge in [-0.3, -0.25) is 0 Å². The predicted molar refractivity (Wildman–Crippen MR) is 63.3 cm³/mol. The largest absolute Gasteiger partial charge is 0.486 e. The van der Waals surface area contributed by atoms with Crippen molar-refractivity contribution in [1.82, 2.24) is 4.98 Å². The van der Waals surface area contributed by atoms with Gasteiger partial charge in [0, 0.05) is 22.7 Å². The highest BCUT2D eigenvalue weighted by Gasteiger charge is 2.16. The molecule has 0 spiro atoms. The number of nitrogens with one attached hydrogen (secondary N) is 1. The summed E-state index contributed by atoms with van der Waals surface area (Å²) in [4.78, 5) is 3.28. The van der Waals surface area contributed by atoms with Gasteiger partial charge in [-0.1, -0.05) is 0 Å². The molecule has 1 aromatic heterocycles. The fourth-order valence-corrected chi connectivity index (χ4v) is 2.23. The summed E-state index contributed by atoms with van der Waals surface area (Å²) < 4.78 is 11.1. The Morgan fingerprint density at radius 2 is 2.00 bits per heavy atom. The Hall–Kier alpha value is -2.15. The number of H-pyrrole nitrogens is 1. The van der Waals surface area contributed by atoms with Gasteiger partial charge in [0.05, 0.1) is 12.5 Å². The van der Waals surface area contributed by atoms with Crippen LogP contribution in [-0.4, -0.2) is 18.2 Å². The molecule has 0 fully saturated rings. The number of ether oxygens (including phenoxy) is 2. The van der Waals surface area contributed by atoms with E-state index in [1.807, 2.05) is 19.1 Å². The Morgan fingerprint density at radius 3 is 2.71 bits per heavy atom. The number of benzene rings is 1. The van der Waals surface area contributed by atoms with E-state index in [-0.39, 0.29) is 0 Å². The van der Waals surface area contributed by atoms with Crippen molar-refractivity contribution >= 4 is 10.9 Å². The molecule has 1 aliphatic rings. The lowest BCUT2D eigenvalue weighted by atomic mass is 10.1. The summed E-state index contributed by atoms with van der Waals surface area (Å²) in [6.07, 6.45) is 0.408. The minimum Gasteiger partial charge on any atom is -0.486 e. The van der Waals surface area contributed by atoms with Crippen molar-refractivity contribution in [2.75, 3.05) is 13.2 Å². The van der Waals surface area contributed by atoms with Crippen molar-refractivity contribution in [3.63, 3.8) is 0 Å². The predicted octanol–water partition coefficient (Wildman–Crippen LogP) is 2.31. The average Bonchev–Trinajstić information content (AvgIpc) is 2.63. The van der Waals surface area contributed by atoms with Crippen LogP contribution in [0.2, 0.25) is 0 Å². The number of nitriles is 1. The Labute approximate surface area is 98.8 Å². The summed E-state index contributed by atoms with van der Waals surface area (Å²) in [6.45, 7) is 3.14.